The fraction of sp³-hybridized carbons (Fsp3) is 0.529. The van der Waals surface area contributed by atoms with Gasteiger partial charge in [-0.15, -0.1) is 0 Å². The molecule has 0 bridgehead atoms. The lowest BCUT2D eigenvalue weighted by atomic mass is 10.1. The number of hydrogen-bond acceptors (Lipinski definition) is 5. The molecule has 7 nitrogen and oxygen atoms in total. The molecule has 1 saturated carbocycles. The third-order valence-electron chi connectivity index (χ3n) is 4.40. The van der Waals surface area contributed by atoms with Gasteiger partial charge in [-0.25, -0.2) is 0 Å². The number of nitrogens with zero attached hydrogens (tertiary/aromatic N) is 4. The number of carbonyl (C=O) groups is 2. The molecular formula is C17H22N4O3. The Morgan fingerprint density at radius 1 is 1.38 bits per heavy atom. The topological polar surface area (TPSA) is 81.2 Å². The van der Waals surface area contributed by atoms with Crippen molar-refractivity contribution in [3.8, 4) is 0 Å². The summed E-state index contributed by atoms with van der Waals surface area (Å²) in [5.41, 5.74) is 2.72. The summed E-state index contributed by atoms with van der Waals surface area (Å²) in [4.78, 5) is 25.7. The molecule has 0 atom stereocenters. The van der Waals surface area contributed by atoms with Crippen molar-refractivity contribution in [2.24, 2.45) is 0 Å². The maximum absolute atomic E-state index is 12.4. The standard InChI is InChI=1S/C17H22N4O3/c1-10-17(12(3)22)11(2)21(18-10)9-16(23)20(4)8-14-7-15(24-19-14)13-5-6-13/h7,13H,5-6,8-9H2,1-4H3. The highest BCUT2D eigenvalue weighted by Crippen LogP contribution is 2.40. The largest absolute Gasteiger partial charge is 0.361 e. The van der Waals surface area contributed by atoms with Crippen molar-refractivity contribution in [2.75, 3.05) is 7.05 Å². The quantitative estimate of drug-likeness (QED) is 0.759. The zero-order valence-corrected chi connectivity index (χ0v) is 14.5. The van der Waals surface area contributed by atoms with E-state index in [0.717, 1.165) is 30.0 Å². The van der Waals surface area contributed by atoms with Crippen molar-refractivity contribution >= 4 is 11.7 Å². The summed E-state index contributed by atoms with van der Waals surface area (Å²) in [5, 5.41) is 8.34. The summed E-state index contributed by atoms with van der Waals surface area (Å²) in [5.74, 6) is 1.29. The molecule has 1 fully saturated rings. The predicted molar refractivity (Wildman–Crippen MR) is 86.7 cm³/mol. The van der Waals surface area contributed by atoms with E-state index in [1.165, 1.54) is 6.92 Å². The second-order valence-corrected chi connectivity index (χ2v) is 6.50. The van der Waals surface area contributed by atoms with Crippen LogP contribution in [0.4, 0.5) is 0 Å². The van der Waals surface area contributed by atoms with E-state index in [1.807, 2.05) is 13.0 Å². The Bertz CT molecular complexity index is 786. The van der Waals surface area contributed by atoms with Gasteiger partial charge in [0, 0.05) is 24.7 Å². The van der Waals surface area contributed by atoms with Crippen molar-refractivity contribution in [3.63, 3.8) is 0 Å². The smallest absolute Gasteiger partial charge is 0.244 e. The Kier molecular flexibility index (Phi) is 4.26. The summed E-state index contributed by atoms with van der Waals surface area (Å²) in [6.07, 6.45) is 2.31. The van der Waals surface area contributed by atoms with Gasteiger partial charge in [-0.2, -0.15) is 5.10 Å². The molecule has 0 aromatic carbocycles. The number of amides is 1. The van der Waals surface area contributed by atoms with E-state index in [-0.39, 0.29) is 18.2 Å². The molecule has 2 heterocycles. The first-order valence-corrected chi connectivity index (χ1v) is 8.11. The van der Waals surface area contributed by atoms with Gasteiger partial charge < -0.3 is 9.42 Å². The van der Waals surface area contributed by atoms with E-state index in [1.54, 1.807) is 23.6 Å². The van der Waals surface area contributed by atoms with Crippen LogP contribution in [0, 0.1) is 13.8 Å². The molecule has 1 aliphatic rings. The molecule has 0 spiro atoms. The van der Waals surface area contributed by atoms with E-state index in [0.29, 0.717) is 23.7 Å². The van der Waals surface area contributed by atoms with Crippen LogP contribution in [-0.2, 0) is 17.9 Å². The minimum absolute atomic E-state index is 0.0349. The Balaban J connectivity index is 1.65. The molecule has 7 heteroatoms. The van der Waals surface area contributed by atoms with Crippen molar-refractivity contribution in [3.05, 3.63) is 34.5 Å². The molecule has 2 aromatic heterocycles. The van der Waals surface area contributed by atoms with E-state index < -0.39 is 0 Å². The van der Waals surface area contributed by atoms with E-state index in [2.05, 4.69) is 10.3 Å². The lowest BCUT2D eigenvalue weighted by molar-refractivity contribution is -0.131. The number of likely N-dealkylation sites (N-methyl/N-ethyl adjacent to an activating group) is 1. The van der Waals surface area contributed by atoms with Gasteiger partial charge in [0.05, 0.1) is 17.8 Å². The summed E-state index contributed by atoms with van der Waals surface area (Å²) < 4.78 is 6.90. The third-order valence-corrected chi connectivity index (χ3v) is 4.40. The van der Waals surface area contributed by atoms with E-state index >= 15 is 0 Å². The summed E-state index contributed by atoms with van der Waals surface area (Å²) in [7, 11) is 1.73. The molecule has 0 saturated heterocycles. The number of carbonyl (C=O) groups excluding carboxylic acids is 2. The molecule has 2 aromatic rings. The van der Waals surface area contributed by atoms with Gasteiger partial charge in [0.1, 0.15) is 18.0 Å². The van der Waals surface area contributed by atoms with Crippen LogP contribution in [0.1, 0.15) is 58.9 Å². The van der Waals surface area contributed by atoms with Crippen LogP contribution in [0.3, 0.4) is 0 Å². The third kappa shape index (κ3) is 3.25. The molecule has 1 aliphatic carbocycles. The molecular weight excluding hydrogens is 308 g/mol. The van der Waals surface area contributed by atoms with E-state index in [9.17, 15) is 9.59 Å². The predicted octanol–water partition coefficient (Wildman–Crippen LogP) is 2.23. The first-order chi connectivity index (χ1) is 11.4. The molecule has 0 N–H and O–H groups in total. The highest BCUT2D eigenvalue weighted by molar-refractivity contribution is 5.96. The zero-order valence-electron chi connectivity index (χ0n) is 14.5. The highest BCUT2D eigenvalue weighted by atomic mass is 16.5. The average molecular weight is 330 g/mol. The van der Waals surface area contributed by atoms with Crippen LogP contribution < -0.4 is 0 Å². The SMILES string of the molecule is CC(=O)c1c(C)nn(CC(=O)N(C)Cc2cc(C3CC3)on2)c1C. The van der Waals surface area contributed by atoms with Crippen LogP contribution in [-0.4, -0.2) is 38.6 Å². The molecule has 0 radical (unpaired) electrons. The molecule has 0 unspecified atom stereocenters. The van der Waals surface area contributed by atoms with Crippen LogP contribution in [0.15, 0.2) is 10.6 Å². The summed E-state index contributed by atoms with van der Waals surface area (Å²) in [6.45, 7) is 5.60. The van der Waals surface area contributed by atoms with Gasteiger partial charge >= 0.3 is 0 Å². The van der Waals surface area contributed by atoms with Crippen molar-refractivity contribution in [1.29, 1.82) is 0 Å². The fourth-order valence-electron chi connectivity index (χ4n) is 2.90. The monoisotopic (exact) mass is 330 g/mol. The lowest BCUT2D eigenvalue weighted by Crippen LogP contribution is -2.30. The van der Waals surface area contributed by atoms with E-state index in [4.69, 9.17) is 4.52 Å². The first-order valence-electron chi connectivity index (χ1n) is 8.11. The van der Waals surface area contributed by atoms with Crippen molar-refractivity contribution in [1.82, 2.24) is 19.8 Å². The normalized spacial score (nSPS) is 14.0. The lowest BCUT2D eigenvalue weighted by Gasteiger charge is -2.16. The Morgan fingerprint density at radius 3 is 2.67 bits per heavy atom. The van der Waals surface area contributed by atoms with Gasteiger partial charge in [0.15, 0.2) is 5.78 Å². The highest BCUT2D eigenvalue weighted by Gasteiger charge is 2.28. The Morgan fingerprint density at radius 2 is 2.08 bits per heavy atom. The van der Waals surface area contributed by atoms with Crippen LogP contribution >= 0.6 is 0 Å². The van der Waals surface area contributed by atoms with Crippen LogP contribution in [0.2, 0.25) is 0 Å². The number of ketones is 1. The van der Waals surface area contributed by atoms with Crippen molar-refractivity contribution < 1.29 is 14.1 Å². The minimum Gasteiger partial charge on any atom is -0.361 e. The van der Waals surface area contributed by atoms with Crippen LogP contribution in [0.5, 0.6) is 0 Å². The van der Waals surface area contributed by atoms with Gasteiger partial charge in [-0.3, -0.25) is 14.3 Å². The zero-order chi connectivity index (χ0) is 17.4. The van der Waals surface area contributed by atoms with Gasteiger partial charge in [0.2, 0.25) is 5.91 Å². The number of aromatic nitrogens is 3. The summed E-state index contributed by atoms with van der Waals surface area (Å²) >= 11 is 0. The Hall–Kier alpha value is -2.44. The number of rotatable bonds is 6. The molecule has 24 heavy (non-hydrogen) atoms. The number of Topliss-reactive ketones (excluding diaryl/α,β-unsaturated/α-hetero) is 1. The maximum Gasteiger partial charge on any atom is 0.244 e. The first kappa shape index (κ1) is 16.4. The second-order valence-electron chi connectivity index (χ2n) is 6.50. The average Bonchev–Trinajstić information content (AvgIpc) is 3.19. The Labute approximate surface area is 140 Å². The molecule has 3 rings (SSSR count). The number of aryl methyl sites for hydroxylation is 1. The minimum atomic E-state index is -0.0910. The van der Waals surface area contributed by atoms with Crippen molar-refractivity contribution in [2.45, 2.75) is 52.6 Å². The maximum atomic E-state index is 12.4. The van der Waals surface area contributed by atoms with Crippen LogP contribution in [0.25, 0.3) is 0 Å². The molecule has 0 aliphatic heterocycles. The number of hydrogen-bond donors (Lipinski definition) is 0. The molecule has 128 valence electrons. The molecule has 1 amide bonds. The fourth-order valence-corrected chi connectivity index (χ4v) is 2.90. The van der Waals surface area contributed by atoms with Gasteiger partial charge in [0.25, 0.3) is 0 Å². The second kappa shape index (κ2) is 6.22. The van der Waals surface area contributed by atoms with Gasteiger partial charge in [-0.05, 0) is 33.6 Å². The summed E-state index contributed by atoms with van der Waals surface area (Å²) in [6, 6.07) is 1.93. The van der Waals surface area contributed by atoms with Gasteiger partial charge in [-0.1, -0.05) is 5.16 Å².